The van der Waals surface area contributed by atoms with Gasteiger partial charge >= 0.3 is 0 Å². The van der Waals surface area contributed by atoms with E-state index in [0.29, 0.717) is 0 Å². The zero-order valence-electron chi connectivity index (χ0n) is 12.7. The highest BCUT2D eigenvalue weighted by atomic mass is 15.1. The van der Waals surface area contributed by atoms with Crippen molar-refractivity contribution >= 4 is 16.7 Å². The summed E-state index contributed by atoms with van der Waals surface area (Å²) in [6, 6.07) is 6.32. The maximum Gasteiger partial charge on any atom is 0.123 e. The quantitative estimate of drug-likeness (QED) is 0.671. The second kappa shape index (κ2) is 5.45. The Labute approximate surface area is 125 Å². The lowest BCUT2D eigenvalue weighted by Gasteiger charge is -2.29. The van der Waals surface area contributed by atoms with E-state index in [1.165, 1.54) is 5.56 Å². The van der Waals surface area contributed by atoms with Gasteiger partial charge in [-0.05, 0) is 36.2 Å². The lowest BCUT2D eigenvalue weighted by molar-refractivity contribution is 0.266. The molecule has 0 spiro atoms. The number of nitrogens with two attached hydrogens (primary N) is 1. The molecule has 0 unspecified atom stereocenters. The molecule has 3 N–H and O–H groups in total. The molecule has 2 aromatic rings. The van der Waals surface area contributed by atoms with E-state index in [1.807, 2.05) is 0 Å². The topological polar surface area (TPSA) is 66.0 Å². The summed E-state index contributed by atoms with van der Waals surface area (Å²) >= 11 is 0. The van der Waals surface area contributed by atoms with Gasteiger partial charge in [-0.25, -0.2) is 0 Å². The Bertz CT molecular complexity index is 705. The molecule has 0 amide bonds. The van der Waals surface area contributed by atoms with E-state index in [2.05, 4.69) is 36.9 Å². The first-order chi connectivity index (χ1) is 10.1. The molecule has 4 heteroatoms. The van der Waals surface area contributed by atoms with Crippen LogP contribution in [0.3, 0.4) is 0 Å². The lowest BCUT2D eigenvalue weighted by Crippen LogP contribution is -2.33. The number of aryl methyl sites for hydroxylation is 1. The van der Waals surface area contributed by atoms with Crippen molar-refractivity contribution in [2.75, 3.05) is 13.1 Å². The first kappa shape index (κ1) is 14.0. The number of fused-ring (bicyclic) bond motifs is 2. The van der Waals surface area contributed by atoms with Crippen LogP contribution in [0, 0.1) is 5.41 Å². The maximum absolute atomic E-state index is 8.04. The number of hydrogen-bond acceptors (Lipinski definition) is 3. The van der Waals surface area contributed by atoms with Gasteiger partial charge < -0.3 is 5.73 Å². The minimum Gasteiger partial charge on any atom is -0.384 e. The monoisotopic (exact) mass is 282 g/mol. The molecule has 1 aliphatic heterocycles. The largest absolute Gasteiger partial charge is 0.384 e. The van der Waals surface area contributed by atoms with Gasteiger partial charge in [0.2, 0.25) is 0 Å². The summed E-state index contributed by atoms with van der Waals surface area (Å²) in [6.07, 6.45) is 1.92. The molecule has 1 aromatic heterocycles. The van der Waals surface area contributed by atoms with Crippen LogP contribution >= 0.6 is 0 Å². The third-order valence-electron chi connectivity index (χ3n) is 4.41. The lowest BCUT2D eigenvalue weighted by atomic mass is 9.94. The van der Waals surface area contributed by atoms with Gasteiger partial charge in [-0.1, -0.05) is 19.9 Å². The second-order valence-corrected chi connectivity index (χ2v) is 5.65. The van der Waals surface area contributed by atoms with E-state index >= 15 is 0 Å². The van der Waals surface area contributed by atoms with Crippen molar-refractivity contribution in [2.45, 2.75) is 33.2 Å². The number of nitrogens with one attached hydrogen (secondary N) is 1. The Hall–Kier alpha value is -1.94. The van der Waals surface area contributed by atoms with E-state index in [0.717, 1.165) is 60.2 Å². The summed E-state index contributed by atoms with van der Waals surface area (Å²) in [5, 5.41) is 9.07. The van der Waals surface area contributed by atoms with E-state index in [-0.39, 0.29) is 5.84 Å². The second-order valence-electron chi connectivity index (χ2n) is 5.65. The average molecular weight is 282 g/mol. The summed E-state index contributed by atoms with van der Waals surface area (Å²) in [4.78, 5) is 7.20. The van der Waals surface area contributed by atoms with E-state index in [4.69, 9.17) is 16.1 Å². The van der Waals surface area contributed by atoms with Gasteiger partial charge in [-0.2, -0.15) is 0 Å². The van der Waals surface area contributed by atoms with Crippen LogP contribution in [-0.2, 0) is 19.4 Å². The van der Waals surface area contributed by atoms with Gasteiger partial charge in [0.05, 0.1) is 5.52 Å². The minimum absolute atomic E-state index is 0.157. The predicted octanol–water partition coefficient (Wildman–Crippen LogP) is 2.46. The van der Waals surface area contributed by atoms with Crippen molar-refractivity contribution in [3.63, 3.8) is 0 Å². The highest BCUT2D eigenvalue weighted by Crippen LogP contribution is 2.28. The van der Waals surface area contributed by atoms with Gasteiger partial charge in [0.1, 0.15) is 5.84 Å². The van der Waals surface area contributed by atoms with Crippen molar-refractivity contribution < 1.29 is 0 Å². The number of benzene rings is 1. The third kappa shape index (κ3) is 2.40. The Morgan fingerprint density at radius 3 is 2.86 bits per heavy atom. The SMILES string of the molecule is CCc1ccc2nc3c(c(C(=N)N)c2c1)CN(CC)CC3. The summed E-state index contributed by atoms with van der Waals surface area (Å²) < 4.78 is 0. The summed E-state index contributed by atoms with van der Waals surface area (Å²) in [5.74, 6) is 0.157. The van der Waals surface area contributed by atoms with Crippen molar-refractivity contribution in [2.24, 2.45) is 5.73 Å². The normalized spacial score (nSPS) is 15.1. The molecule has 1 aliphatic rings. The molecule has 110 valence electrons. The van der Waals surface area contributed by atoms with Crippen LogP contribution in [0.25, 0.3) is 10.9 Å². The molecule has 0 radical (unpaired) electrons. The fourth-order valence-corrected chi connectivity index (χ4v) is 3.14. The number of hydrogen-bond donors (Lipinski definition) is 2. The Balaban J connectivity index is 2.28. The van der Waals surface area contributed by atoms with Crippen LogP contribution in [0.2, 0.25) is 0 Å². The number of nitrogens with zero attached hydrogens (tertiary/aromatic N) is 2. The number of amidine groups is 1. The van der Waals surface area contributed by atoms with E-state index in [9.17, 15) is 0 Å². The van der Waals surface area contributed by atoms with Crippen molar-refractivity contribution in [3.05, 3.63) is 40.6 Å². The van der Waals surface area contributed by atoms with E-state index in [1.54, 1.807) is 0 Å². The third-order valence-corrected chi connectivity index (χ3v) is 4.41. The van der Waals surface area contributed by atoms with Gasteiger partial charge in [-0.3, -0.25) is 15.3 Å². The van der Waals surface area contributed by atoms with Crippen molar-refractivity contribution in [3.8, 4) is 0 Å². The Morgan fingerprint density at radius 1 is 1.38 bits per heavy atom. The van der Waals surface area contributed by atoms with Crippen LogP contribution < -0.4 is 5.73 Å². The summed E-state index contributed by atoms with van der Waals surface area (Å²) in [5.41, 5.74) is 11.3. The van der Waals surface area contributed by atoms with Gasteiger partial charge in [0.25, 0.3) is 0 Å². The maximum atomic E-state index is 8.04. The van der Waals surface area contributed by atoms with Crippen LogP contribution in [0.4, 0.5) is 0 Å². The van der Waals surface area contributed by atoms with Gasteiger partial charge in [0, 0.05) is 36.2 Å². The Kier molecular flexibility index (Phi) is 3.64. The molecule has 21 heavy (non-hydrogen) atoms. The van der Waals surface area contributed by atoms with Gasteiger partial charge in [-0.15, -0.1) is 0 Å². The highest BCUT2D eigenvalue weighted by Gasteiger charge is 2.23. The molecule has 3 rings (SSSR count). The molecule has 0 saturated carbocycles. The zero-order chi connectivity index (χ0) is 15.0. The predicted molar refractivity (Wildman–Crippen MR) is 86.8 cm³/mol. The minimum atomic E-state index is 0.157. The van der Waals surface area contributed by atoms with Crippen molar-refractivity contribution in [1.29, 1.82) is 5.41 Å². The first-order valence-corrected chi connectivity index (χ1v) is 7.65. The van der Waals surface area contributed by atoms with Crippen LogP contribution in [0.5, 0.6) is 0 Å². The molecule has 0 fully saturated rings. The molecular weight excluding hydrogens is 260 g/mol. The number of likely N-dealkylation sites (N-methyl/N-ethyl adjacent to an activating group) is 1. The van der Waals surface area contributed by atoms with Crippen LogP contribution in [0.1, 0.15) is 36.2 Å². The van der Waals surface area contributed by atoms with Gasteiger partial charge in [0.15, 0.2) is 0 Å². The highest BCUT2D eigenvalue weighted by molar-refractivity contribution is 6.08. The zero-order valence-corrected chi connectivity index (χ0v) is 12.7. The molecule has 0 atom stereocenters. The Morgan fingerprint density at radius 2 is 2.19 bits per heavy atom. The number of aromatic nitrogens is 1. The molecule has 4 nitrogen and oxygen atoms in total. The molecule has 1 aromatic carbocycles. The fourth-order valence-electron chi connectivity index (χ4n) is 3.14. The first-order valence-electron chi connectivity index (χ1n) is 7.65. The van der Waals surface area contributed by atoms with Crippen LogP contribution in [0.15, 0.2) is 18.2 Å². The summed E-state index contributed by atoms with van der Waals surface area (Å²) in [7, 11) is 0. The molecule has 0 saturated heterocycles. The number of nitrogen functional groups attached to an aromatic ring is 1. The molecular formula is C17H22N4. The summed E-state index contributed by atoms with van der Waals surface area (Å²) in [6.45, 7) is 7.21. The standard InChI is InChI=1S/C17H22N4/c1-3-11-5-6-14-12(9-11)16(17(18)19)13-10-21(4-2)8-7-15(13)20-14/h5-6,9H,3-4,7-8,10H2,1-2H3,(H3,18,19). The average Bonchev–Trinajstić information content (AvgIpc) is 2.51. The molecule has 0 aliphatic carbocycles. The van der Waals surface area contributed by atoms with Crippen LogP contribution in [-0.4, -0.2) is 28.8 Å². The smallest absolute Gasteiger partial charge is 0.123 e. The fraction of sp³-hybridized carbons (Fsp3) is 0.412. The molecule has 0 bridgehead atoms. The van der Waals surface area contributed by atoms with Crippen molar-refractivity contribution in [1.82, 2.24) is 9.88 Å². The van der Waals surface area contributed by atoms with E-state index < -0.39 is 0 Å². The number of rotatable bonds is 3. The number of pyridine rings is 1. The molecule has 2 heterocycles.